The second-order valence-electron chi connectivity index (χ2n) is 6.22. The van der Waals surface area contributed by atoms with E-state index in [1.165, 1.54) is 0 Å². The van der Waals surface area contributed by atoms with Gasteiger partial charge in [0.15, 0.2) is 0 Å². The number of hydrogen-bond acceptors (Lipinski definition) is 5. The summed E-state index contributed by atoms with van der Waals surface area (Å²) in [4.78, 5) is 25.5. The summed E-state index contributed by atoms with van der Waals surface area (Å²) in [6.07, 6.45) is 3.44. The Labute approximate surface area is 131 Å². The highest BCUT2D eigenvalue weighted by Crippen LogP contribution is 2.20. The van der Waals surface area contributed by atoms with Crippen LogP contribution in [-0.2, 0) is 9.53 Å². The normalized spacial score (nSPS) is 22.2. The molecule has 6 nitrogen and oxygen atoms in total. The summed E-state index contributed by atoms with van der Waals surface area (Å²) in [7, 11) is 0. The van der Waals surface area contributed by atoms with E-state index in [4.69, 9.17) is 4.74 Å². The fourth-order valence-corrected chi connectivity index (χ4v) is 3.11. The molecule has 0 aliphatic carbocycles. The van der Waals surface area contributed by atoms with Crippen molar-refractivity contribution >= 4 is 11.7 Å². The van der Waals surface area contributed by atoms with Gasteiger partial charge in [-0.25, -0.2) is 4.98 Å². The highest BCUT2D eigenvalue weighted by atomic mass is 16.5. The van der Waals surface area contributed by atoms with Crippen molar-refractivity contribution in [2.45, 2.75) is 26.7 Å². The minimum Gasteiger partial charge on any atom is -0.381 e. The Bertz CT molecular complexity index is 535. The molecule has 2 aliphatic rings. The molecule has 120 valence electrons. The molecule has 2 fully saturated rings. The van der Waals surface area contributed by atoms with Gasteiger partial charge in [-0.2, -0.15) is 0 Å². The molecule has 0 bridgehead atoms. The molecular formula is C16H24N4O2. The van der Waals surface area contributed by atoms with Gasteiger partial charge >= 0.3 is 0 Å². The van der Waals surface area contributed by atoms with Crippen LogP contribution >= 0.6 is 0 Å². The lowest BCUT2D eigenvalue weighted by molar-refractivity contribution is -0.132. The monoisotopic (exact) mass is 304 g/mol. The second-order valence-corrected chi connectivity index (χ2v) is 6.22. The molecule has 1 amide bonds. The average molecular weight is 304 g/mol. The van der Waals surface area contributed by atoms with Crippen molar-refractivity contribution in [3.63, 3.8) is 0 Å². The van der Waals surface area contributed by atoms with Crippen LogP contribution in [0, 0.1) is 19.8 Å². The molecule has 0 spiro atoms. The molecule has 1 aromatic rings. The van der Waals surface area contributed by atoms with Crippen LogP contribution in [0.2, 0.25) is 0 Å². The summed E-state index contributed by atoms with van der Waals surface area (Å²) in [5, 5.41) is 0. The molecule has 2 aliphatic heterocycles. The van der Waals surface area contributed by atoms with E-state index in [-0.39, 0.29) is 5.91 Å². The predicted molar refractivity (Wildman–Crippen MR) is 83.8 cm³/mol. The summed E-state index contributed by atoms with van der Waals surface area (Å²) >= 11 is 0. The van der Waals surface area contributed by atoms with Gasteiger partial charge in [0.1, 0.15) is 5.82 Å². The molecule has 6 heteroatoms. The van der Waals surface area contributed by atoms with Crippen molar-refractivity contribution in [1.82, 2.24) is 14.9 Å². The minimum absolute atomic E-state index is 0.266. The number of aryl methyl sites for hydroxylation is 2. The lowest BCUT2D eigenvalue weighted by Gasteiger charge is -2.36. The van der Waals surface area contributed by atoms with Crippen molar-refractivity contribution in [1.29, 1.82) is 0 Å². The number of ether oxygens (including phenoxy) is 1. The minimum atomic E-state index is 0.266. The summed E-state index contributed by atoms with van der Waals surface area (Å²) < 4.78 is 5.35. The number of carbonyl (C=O) groups excluding carboxylic acids is 1. The van der Waals surface area contributed by atoms with Crippen LogP contribution < -0.4 is 4.90 Å². The van der Waals surface area contributed by atoms with Crippen LogP contribution in [0.4, 0.5) is 5.82 Å². The van der Waals surface area contributed by atoms with E-state index in [1.54, 1.807) is 6.20 Å². The molecule has 3 heterocycles. The number of nitrogens with zero attached hydrogens (tertiary/aromatic N) is 4. The SMILES string of the molecule is Cc1cnc(C)c(N2CCN(C(=O)C[C@@H]3CCOC3)CC2)n1. The van der Waals surface area contributed by atoms with Gasteiger partial charge in [-0.3, -0.25) is 9.78 Å². The van der Waals surface area contributed by atoms with Gasteiger partial charge in [-0.15, -0.1) is 0 Å². The number of aromatic nitrogens is 2. The first-order valence-electron chi connectivity index (χ1n) is 8.04. The van der Waals surface area contributed by atoms with E-state index in [0.717, 1.165) is 63.0 Å². The highest BCUT2D eigenvalue weighted by molar-refractivity contribution is 5.76. The molecule has 3 rings (SSSR count). The number of piperazine rings is 1. The van der Waals surface area contributed by atoms with Gasteiger partial charge in [0.2, 0.25) is 5.91 Å². The first-order valence-corrected chi connectivity index (χ1v) is 8.04. The van der Waals surface area contributed by atoms with E-state index in [0.29, 0.717) is 12.3 Å². The van der Waals surface area contributed by atoms with Gasteiger partial charge in [0.05, 0.1) is 11.4 Å². The van der Waals surface area contributed by atoms with Crippen molar-refractivity contribution < 1.29 is 9.53 Å². The van der Waals surface area contributed by atoms with Crippen molar-refractivity contribution in [2.24, 2.45) is 5.92 Å². The lowest BCUT2D eigenvalue weighted by Crippen LogP contribution is -2.49. The van der Waals surface area contributed by atoms with E-state index in [1.807, 2.05) is 18.7 Å². The van der Waals surface area contributed by atoms with Crippen LogP contribution in [-0.4, -0.2) is 60.2 Å². The molecule has 0 N–H and O–H groups in total. The van der Waals surface area contributed by atoms with E-state index < -0.39 is 0 Å². The molecule has 1 atom stereocenters. The van der Waals surface area contributed by atoms with Crippen LogP contribution in [0.1, 0.15) is 24.2 Å². The van der Waals surface area contributed by atoms with Crippen LogP contribution in [0.3, 0.4) is 0 Å². The largest absolute Gasteiger partial charge is 0.381 e. The number of amides is 1. The Hall–Kier alpha value is -1.69. The summed E-state index contributed by atoms with van der Waals surface area (Å²) in [5.41, 5.74) is 1.88. The first-order chi connectivity index (χ1) is 10.6. The summed E-state index contributed by atoms with van der Waals surface area (Å²) in [6, 6.07) is 0. The van der Waals surface area contributed by atoms with Gasteiger partial charge in [0.25, 0.3) is 0 Å². The topological polar surface area (TPSA) is 58.6 Å². The van der Waals surface area contributed by atoms with Crippen molar-refractivity contribution in [3.8, 4) is 0 Å². The molecular weight excluding hydrogens is 280 g/mol. The Morgan fingerprint density at radius 1 is 1.32 bits per heavy atom. The summed E-state index contributed by atoms with van der Waals surface area (Å²) in [5.74, 6) is 1.63. The third kappa shape index (κ3) is 3.38. The second kappa shape index (κ2) is 6.60. The van der Waals surface area contributed by atoms with E-state index in [2.05, 4.69) is 14.9 Å². The molecule has 22 heavy (non-hydrogen) atoms. The summed E-state index contributed by atoms with van der Waals surface area (Å²) in [6.45, 7) is 8.67. The Morgan fingerprint density at radius 3 is 2.77 bits per heavy atom. The van der Waals surface area contributed by atoms with Crippen LogP contribution in [0.15, 0.2) is 6.20 Å². The van der Waals surface area contributed by atoms with Crippen LogP contribution in [0.25, 0.3) is 0 Å². The quantitative estimate of drug-likeness (QED) is 0.839. The Kier molecular flexibility index (Phi) is 4.57. The Morgan fingerprint density at radius 2 is 2.09 bits per heavy atom. The maximum absolute atomic E-state index is 12.3. The lowest BCUT2D eigenvalue weighted by atomic mass is 10.0. The van der Waals surface area contributed by atoms with Crippen molar-refractivity contribution in [2.75, 3.05) is 44.3 Å². The fourth-order valence-electron chi connectivity index (χ4n) is 3.11. The molecule has 0 unspecified atom stereocenters. The zero-order valence-electron chi connectivity index (χ0n) is 13.4. The number of rotatable bonds is 3. The Balaban J connectivity index is 1.55. The van der Waals surface area contributed by atoms with Crippen molar-refractivity contribution in [3.05, 3.63) is 17.6 Å². The molecule has 1 aromatic heterocycles. The maximum atomic E-state index is 12.3. The third-order valence-corrected chi connectivity index (χ3v) is 4.47. The van der Waals surface area contributed by atoms with Crippen LogP contribution in [0.5, 0.6) is 0 Å². The average Bonchev–Trinajstić information content (AvgIpc) is 3.03. The highest BCUT2D eigenvalue weighted by Gasteiger charge is 2.26. The van der Waals surface area contributed by atoms with Gasteiger partial charge in [0, 0.05) is 52.0 Å². The van der Waals surface area contributed by atoms with Gasteiger partial charge in [-0.1, -0.05) is 0 Å². The molecule has 2 saturated heterocycles. The van der Waals surface area contributed by atoms with Gasteiger partial charge < -0.3 is 14.5 Å². The maximum Gasteiger partial charge on any atom is 0.223 e. The first kappa shape index (κ1) is 15.2. The molecule has 0 saturated carbocycles. The standard InChI is InChI=1S/C16H24N4O2/c1-12-10-17-13(2)16(18-12)20-6-4-19(5-7-20)15(21)9-14-3-8-22-11-14/h10,14H,3-9,11H2,1-2H3/t14-/m0/s1. The van der Waals surface area contributed by atoms with Gasteiger partial charge in [-0.05, 0) is 26.2 Å². The molecule has 0 radical (unpaired) electrons. The fraction of sp³-hybridized carbons (Fsp3) is 0.688. The predicted octanol–water partition coefficient (Wildman–Crippen LogP) is 1.17. The van der Waals surface area contributed by atoms with E-state index in [9.17, 15) is 4.79 Å². The zero-order valence-corrected chi connectivity index (χ0v) is 13.4. The zero-order chi connectivity index (χ0) is 15.5. The number of carbonyl (C=O) groups is 1. The third-order valence-electron chi connectivity index (χ3n) is 4.47. The smallest absolute Gasteiger partial charge is 0.223 e. The number of anilines is 1. The van der Waals surface area contributed by atoms with E-state index >= 15 is 0 Å². The molecule has 0 aromatic carbocycles. The number of hydrogen-bond donors (Lipinski definition) is 0.